The summed E-state index contributed by atoms with van der Waals surface area (Å²) in [4.78, 5) is 225. The Balaban J connectivity index is 2.01. The molecule has 1 aromatic carbocycles. The summed E-state index contributed by atoms with van der Waals surface area (Å²) in [7, 11) is 0. The molecule has 1 aromatic rings. The monoisotopic (exact) mass is 1660 g/mol. The predicted molar refractivity (Wildman–Crippen MR) is 425 cm³/mol. The van der Waals surface area contributed by atoms with Crippen LogP contribution in [0.15, 0.2) is 18.2 Å². The Morgan fingerprint density at radius 3 is 1.62 bits per heavy atom. The first kappa shape index (κ1) is 96.8. The number of nitrogens with two attached hydrogens (primary N) is 3. The van der Waals surface area contributed by atoms with E-state index in [2.05, 4.69) is 74.4 Å². The van der Waals surface area contributed by atoms with Crippen molar-refractivity contribution in [2.75, 3.05) is 43.4 Å². The number of thioether (sulfide) groups is 3. The number of aliphatic hydroxyl groups is 1. The number of guanidine groups is 2. The van der Waals surface area contributed by atoms with E-state index < -0.39 is 211 Å². The fraction of sp³-hybridized carbons (Fsp3) is 0.667. The Bertz CT molecular complexity index is 3580. The maximum absolute atomic E-state index is 15.1. The molecular formula is C72H116N20O19S3. The largest absolute Gasteiger partial charge is 0.481 e. The highest BCUT2D eigenvalue weighted by Gasteiger charge is 2.42. The van der Waals surface area contributed by atoms with Gasteiger partial charge in [-0.1, -0.05) is 66.2 Å². The van der Waals surface area contributed by atoms with Gasteiger partial charge >= 0.3 is 11.9 Å². The van der Waals surface area contributed by atoms with Crippen molar-refractivity contribution in [1.29, 1.82) is 10.8 Å². The van der Waals surface area contributed by atoms with Crippen molar-refractivity contribution in [3.8, 4) is 0 Å². The van der Waals surface area contributed by atoms with Gasteiger partial charge in [-0.2, -0.15) is 35.3 Å². The predicted octanol–water partition coefficient (Wildman–Crippen LogP) is -3.48. The van der Waals surface area contributed by atoms with Crippen molar-refractivity contribution in [2.45, 2.75) is 241 Å². The van der Waals surface area contributed by atoms with E-state index >= 15 is 9.59 Å². The van der Waals surface area contributed by atoms with Gasteiger partial charge in [0.1, 0.15) is 60.6 Å². The number of primary amides is 1. The standard InChI is InChI=1S/C72H116N20O19S3/c1-9-38(6)59-69(110)88-47(22-37(4)5)63(104)84-46(14-10-11-19-78-71(74)75)70(111)92-21-13-16-54(92)68(109)87-48(26-55(73)95)64(105)90-53-35-114-32-43-24-41(23-42(25-43)31-113-34-52(67(108)91-59)81-40(8)94)30-112-33-51(39(7)93)89-61(102)44(15-12-20-79-72(76)77)82-56(96)29-80-60(101)49(27-57(97)98)85-62(103)45(18-17-36(2)3)83-65(106)50(28-58(99)100)86-66(53)107/h23-25,36-38,44-54,59,69,88,110H,9-22,26-35H2,1-8H3,(H2,73,95)(H,80,101)(H,81,94)(H,82,96)(H,83,106)(H,84,104)(H,85,103)(H,86,107)(H,87,109)(H,89,102)(H,90,105)(H,91,108)(H,97,98)(H,99,100)(H4,74,75,78)(H4,76,77,79)/t38-,44-,45-,46-,47-,48-,49-,50-,51-,52-,53-,54-,59-,69?/m0/s1. The van der Waals surface area contributed by atoms with E-state index in [-0.39, 0.29) is 130 Å². The van der Waals surface area contributed by atoms with Gasteiger partial charge in [-0.05, 0) is 106 Å². The molecule has 4 rings (SSSR count). The van der Waals surface area contributed by atoms with Crippen molar-refractivity contribution >= 4 is 142 Å². The van der Waals surface area contributed by atoms with Crippen molar-refractivity contribution in [1.82, 2.24) is 79.3 Å². The number of benzene rings is 1. The lowest BCUT2D eigenvalue weighted by molar-refractivity contribution is -0.143. The molecule has 0 saturated carbocycles. The minimum absolute atomic E-state index is 0.00433. The van der Waals surface area contributed by atoms with Crippen LogP contribution in [0.25, 0.3) is 0 Å². The molecule has 13 amide bonds. The maximum Gasteiger partial charge on any atom is 0.305 e. The number of hydrogen-bond acceptors (Lipinski definition) is 23. The molecule has 42 heteroatoms. The lowest BCUT2D eigenvalue weighted by Gasteiger charge is -2.34. The van der Waals surface area contributed by atoms with Crippen LogP contribution in [-0.4, -0.2) is 249 Å². The summed E-state index contributed by atoms with van der Waals surface area (Å²) in [5, 5.41) is 83.9. The minimum Gasteiger partial charge on any atom is -0.481 e. The van der Waals surface area contributed by atoms with E-state index in [0.29, 0.717) is 29.5 Å². The van der Waals surface area contributed by atoms with Crippen molar-refractivity contribution < 1.29 is 92.0 Å². The lowest BCUT2D eigenvalue weighted by Crippen LogP contribution is -2.62. The molecule has 3 aliphatic rings. The van der Waals surface area contributed by atoms with Crippen LogP contribution in [0, 0.1) is 28.6 Å². The molecule has 3 aliphatic heterocycles. The number of carboxylic acid groups (broad SMARTS) is 2. The summed E-state index contributed by atoms with van der Waals surface area (Å²) < 4.78 is 0. The third-order valence-electron chi connectivity index (χ3n) is 18.7. The average molecular weight is 1660 g/mol. The number of unbranched alkanes of at least 4 members (excludes halogenated alkanes) is 1. The molecule has 4 bridgehead atoms. The van der Waals surface area contributed by atoms with E-state index in [4.69, 9.17) is 28.0 Å². The van der Waals surface area contributed by atoms with Gasteiger partial charge in [-0.3, -0.25) is 92.8 Å². The molecular weight excluding hydrogens is 1550 g/mol. The van der Waals surface area contributed by atoms with Crippen LogP contribution in [-0.2, 0) is 94.0 Å². The number of rotatable bonds is 24. The number of nitrogens with one attached hydrogen (secondary N) is 16. The van der Waals surface area contributed by atoms with Crippen LogP contribution in [0.2, 0.25) is 0 Å². The zero-order valence-electron chi connectivity index (χ0n) is 65.7. The second-order valence-corrected chi connectivity index (χ2v) is 32.5. The number of amides is 13. The molecule has 0 radical (unpaired) electrons. The first-order chi connectivity index (χ1) is 53.7. The summed E-state index contributed by atoms with van der Waals surface area (Å²) >= 11 is 3.44. The number of carboxylic acids is 2. The number of Topliss-reactive ketones (excluding diaryl/α,β-unsaturated/α-hetero) is 1. The number of hydrogen-bond donors (Lipinski definition) is 22. The van der Waals surface area contributed by atoms with Gasteiger partial charge in [-0.15, -0.1) is 0 Å². The van der Waals surface area contributed by atoms with Gasteiger partial charge in [0, 0.05) is 61.1 Å². The second kappa shape index (κ2) is 49.3. The molecule has 0 aliphatic carbocycles. The minimum atomic E-state index is -2.08. The van der Waals surface area contributed by atoms with Gasteiger partial charge in [-0.25, -0.2) is 0 Å². The van der Waals surface area contributed by atoms with E-state index in [1.807, 2.05) is 26.8 Å². The zero-order chi connectivity index (χ0) is 85.1. The molecule has 1 fully saturated rings. The van der Waals surface area contributed by atoms with E-state index in [1.54, 1.807) is 32.9 Å². The van der Waals surface area contributed by atoms with E-state index in [9.17, 15) is 82.4 Å². The Hall–Kier alpha value is -9.55. The van der Waals surface area contributed by atoms with Crippen LogP contribution in [0.3, 0.4) is 0 Å². The van der Waals surface area contributed by atoms with Gasteiger partial charge in [0.25, 0.3) is 0 Å². The highest BCUT2D eigenvalue weighted by atomic mass is 32.2. The highest BCUT2D eigenvalue weighted by molar-refractivity contribution is 7.99. The van der Waals surface area contributed by atoms with Gasteiger partial charge < -0.3 is 107 Å². The Morgan fingerprint density at radius 2 is 1.06 bits per heavy atom. The lowest BCUT2D eigenvalue weighted by atomic mass is 9.95. The van der Waals surface area contributed by atoms with Crippen molar-refractivity contribution in [3.63, 3.8) is 0 Å². The number of fused-ring (bicyclic) bond motifs is 6. The molecule has 114 heavy (non-hydrogen) atoms. The number of carbonyl (C=O) groups excluding carboxylic acids is 14. The molecule has 39 nitrogen and oxygen atoms in total. The fourth-order valence-electron chi connectivity index (χ4n) is 12.6. The summed E-state index contributed by atoms with van der Waals surface area (Å²) in [5.74, 6) is -18.4. The number of ketones is 1. The molecule has 0 aromatic heterocycles. The Labute approximate surface area is 675 Å². The average Bonchev–Trinajstić information content (AvgIpc) is 1.63. The van der Waals surface area contributed by atoms with Crippen LogP contribution in [0.5, 0.6) is 0 Å². The molecule has 1 unspecified atom stereocenters. The third kappa shape index (κ3) is 35.0. The SMILES string of the molecule is CC[C@H](C)[C@@H]1NC(=O)[C@@H](NC(C)=O)CSCc2cc3cc(c2)CSC[C@H](NC(=O)[C@H](CC(N)=O)NC(=O)[C@@H]2CCCN2C(=O)[C@H](CCCCNC(=N)N)NC(=O)[C@H](CC(C)C)NC1O)C(=O)N[C@@H](CC(=O)O)C(=O)N[C@@H](CCC(C)C)C(=O)N[C@@H](CC(=O)O)C(=O)NCC(=O)N[C@@H](CCCNC(=N)N)C(=O)N[C@H](C(C)=O)CSC3. The molecule has 25 N–H and O–H groups in total. The fourth-order valence-corrected chi connectivity index (χ4v) is 15.6. The first-order valence-corrected chi connectivity index (χ1v) is 41.5. The van der Waals surface area contributed by atoms with Gasteiger partial charge in [0.2, 0.25) is 76.8 Å². The first-order valence-electron chi connectivity index (χ1n) is 38.0. The van der Waals surface area contributed by atoms with Crippen LogP contribution in [0.1, 0.15) is 162 Å². The Morgan fingerprint density at radius 1 is 0.561 bits per heavy atom. The van der Waals surface area contributed by atoms with Gasteiger partial charge in [0.05, 0.1) is 43.9 Å². The van der Waals surface area contributed by atoms with Crippen LogP contribution in [0.4, 0.5) is 0 Å². The van der Waals surface area contributed by atoms with Gasteiger partial charge in [0.15, 0.2) is 17.7 Å². The van der Waals surface area contributed by atoms with Crippen molar-refractivity contribution in [2.24, 2.45) is 35.0 Å². The summed E-state index contributed by atoms with van der Waals surface area (Å²) in [6.07, 6.45) is -3.55. The molecule has 1 saturated heterocycles. The third-order valence-corrected chi connectivity index (χ3v) is 22.0. The smallest absolute Gasteiger partial charge is 0.305 e. The summed E-state index contributed by atoms with van der Waals surface area (Å²) in [6.45, 7) is 12.5. The molecule has 3 heterocycles. The topological polar surface area (TPSA) is 631 Å². The van der Waals surface area contributed by atoms with E-state index in [0.717, 1.165) is 11.8 Å². The normalized spacial score (nSPS) is 25.5. The number of carbonyl (C=O) groups is 16. The maximum atomic E-state index is 15.1. The van der Waals surface area contributed by atoms with Crippen LogP contribution >= 0.6 is 35.3 Å². The second-order valence-electron chi connectivity index (χ2n) is 29.4. The summed E-state index contributed by atoms with van der Waals surface area (Å²) in [6, 6.07) is -12.9. The van der Waals surface area contributed by atoms with E-state index in [1.165, 1.54) is 42.3 Å². The number of nitrogens with zero attached hydrogens (tertiary/aromatic N) is 1. The quantitative estimate of drug-likeness (QED) is 0.0272. The summed E-state index contributed by atoms with van der Waals surface area (Å²) in [5.41, 5.74) is 18.5. The van der Waals surface area contributed by atoms with Crippen LogP contribution < -0.4 is 91.6 Å². The highest BCUT2D eigenvalue weighted by Crippen LogP contribution is 2.27. The number of aliphatic hydroxyl groups excluding tert-OH is 1. The molecule has 0 spiro atoms. The van der Waals surface area contributed by atoms with Crippen molar-refractivity contribution in [3.05, 3.63) is 34.9 Å². The molecule has 636 valence electrons. The Kier molecular flexibility index (Phi) is 41.8. The molecule has 14 atom stereocenters. The zero-order valence-corrected chi connectivity index (χ0v) is 68.2. The number of aliphatic carboxylic acids is 2.